The van der Waals surface area contributed by atoms with Crippen molar-refractivity contribution < 1.29 is 18.9 Å². The van der Waals surface area contributed by atoms with Crippen LogP contribution >= 0.6 is 0 Å². The number of hydrogen-bond donors (Lipinski definition) is 0. The number of hydrogen-bond acceptors (Lipinski definition) is 4. The van der Waals surface area contributed by atoms with Crippen LogP contribution in [0.1, 0.15) is 23.3 Å². The minimum Gasteiger partial charge on any atom is -0.496 e. The number of benzene rings is 1. The molecule has 1 aromatic rings. The standard InChI is InChI=1S/C13H14O4/c1-14-9-6-10(15-2)13(16-3)12-8-5-4-7(17-8)11(9)12/h4-8H,1-3H3/t7-,8+/m1/s1. The van der Waals surface area contributed by atoms with E-state index in [-0.39, 0.29) is 12.2 Å². The largest absolute Gasteiger partial charge is 0.496 e. The highest BCUT2D eigenvalue weighted by Gasteiger charge is 2.40. The summed E-state index contributed by atoms with van der Waals surface area (Å²) in [4.78, 5) is 0. The van der Waals surface area contributed by atoms with E-state index in [9.17, 15) is 0 Å². The van der Waals surface area contributed by atoms with E-state index in [1.165, 1.54) is 0 Å². The van der Waals surface area contributed by atoms with Crippen LogP contribution in [-0.4, -0.2) is 21.3 Å². The molecule has 2 bridgehead atoms. The van der Waals surface area contributed by atoms with Crippen molar-refractivity contribution in [1.82, 2.24) is 0 Å². The summed E-state index contributed by atoms with van der Waals surface area (Å²) < 4.78 is 22.0. The maximum atomic E-state index is 5.80. The van der Waals surface area contributed by atoms with E-state index < -0.39 is 0 Å². The lowest BCUT2D eigenvalue weighted by Gasteiger charge is -2.18. The fraction of sp³-hybridized carbons (Fsp3) is 0.385. The van der Waals surface area contributed by atoms with Crippen LogP contribution in [-0.2, 0) is 4.74 Å². The molecule has 2 aliphatic heterocycles. The molecule has 0 saturated carbocycles. The highest BCUT2D eigenvalue weighted by Crippen LogP contribution is 2.55. The zero-order valence-electron chi connectivity index (χ0n) is 10.0. The van der Waals surface area contributed by atoms with Gasteiger partial charge in [-0.2, -0.15) is 0 Å². The van der Waals surface area contributed by atoms with E-state index in [2.05, 4.69) is 0 Å². The Kier molecular flexibility index (Phi) is 2.26. The SMILES string of the molecule is COc1cc(OC)c2c(c1OC)[C@@H]1C=C[C@H]2O1. The van der Waals surface area contributed by atoms with E-state index in [1.807, 2.05) is 18.2 Å². The molecule has 2 aliphatic rings. The quantitative estimate of drug-likeness (QED) is 0.752. The van der Waals surface area contributed by atoms with Crippen molar-refractivity contribution in [3.63, 3.8) is 0 Å². The van der Waals surface area contributed by atoms with Gasteiger partial charge < -0.3 is 18.9 Å². The molecule has 17 heavy (non-hydrogen) atoms. The Morgan fingerprint density at radius 1 is 0.882 bits per heavy atom. The monoisotopic (exact) mass is 234 g/mol. The summed E-state index contributed by atoms with van der Waals surface area (Å²) in [6, 6.07) is 1.84. The zero-order chi connectivity index (χ0) is 12.0. The third-order valence-corrected chi connectivity index (χ3v) is 3.25. The van der Waals surface area contributed by atoms with E-state index in [1.54, 1.807) is 21.3 Å². The molecule has 4 nitrogen and oxygen atoms in total. The van der Waals surface area contributed by atoms with Gasteiger partial charge in [-0.05, 0) is 0 Å². The minimum atomic E-state index is -0.0473. The van der Waals surface area contributed by atoms with Gasteiger partial charge in [0.2, 0.25) is 0 Å². The molecule has 0 amide bonds. The van der Waals surface area contributed by atoms with E-state index in [4.69, 9.17) is 18.9 Å². The number of rotatable bonds is 3. The van der Waals surface area contributed by atoms with Gasteiger partial charge in [-0.1, -0.05) is 12.2 Å². The molecular weight excluding hydrogens is 220 g/mol. The Balaban J connectivity index is 2.27. The lowest BCUT2D eigenvalue weighted by atomic mass is 9.94. The molecule has 2 atom stereocenters. The number of methoxy groups -OCH3 is 3. The first-order valence-corrected chi connectivity index (χ1v) is 5.46. The molecule has 90 valence electrons. The highest BCUT2D eigenvalue weighted by molar-refractivity contribution is 5.63. The van der Waals surface area contributed by atoms with Crippen molar-refractivity contribution in [3.8, 4) is 17.2 Å². The summed E-state index contributed by atoms with van der Waals surface area (Å²) >= 11 is 0. The molecule has 2 heterocycles. The summed E-state index contributed by atoms with van der Waals surface area (Å²) in [5, 5.41) is 0. The first-order chi connectivity index (χ1) is 8.30. The van der Waals surface area contributed by atoms with Crippen molar-refractivity contribution in [2.45, 2.75) is 12.2 Å². The molecule has 0 aromatic heterocycles. The van der Waals surface area contributed by atoms with Crippen molar-refractivity contribution in [3.05, 3.63) is 29.3 Å². The van der Waals surface area contributed by atoms with Gasteiger partial charge in [0.1, 0.15) is 18.0 Å². The lowest BCUT2D eigenvalue weighted by molar-refractivity contribution is 0.0861. The number of ether oxygens (including phenoxy) is 4. The van der Waals surface area contributed by atoms with Crippen LogP contribution in [0.15, 0.2) is 18.2 Å². The van der Waals surface area contributed by atoms with Crippen LogP contribution in [0.25, 0.3) is 0 Å². The third-order valence-electron chi connectivity index (χ3n) is 3.25. The Hall–Kier alpha value is -1.68. The minimum absolute atomic E-state index is 0.0234. The van der Waals surface area contributed by atoms with E-state index >= 15 is 0 Å². The summed E-state index contributed by atoms with van der Waals surface area (Å²) in [5.74, 6) is 2.20. The van der Waals surface area contributed by atoms with Gasteiger partial charge in [0.05, 0.1) is 21.3 Å². The topological polar surface area (TPSA) is 36.9 Å². The second kappa shape index (κ2) is 3.67. The van der Waals surface area contributed by atoms with Crippen LogP contribution in [0.3, 0.4) is 0 Å². The van der Waals surface area contributed by atoms with Crippen LogP contribution in [0.5, 0.6) is 17.2 Å². The Morgan fingerprint density at radius 2 is 1.53 bits per heavy atom. The van der Waals surface area contributed by atoms with Gasteiger partial charge in [0, 0.05) is 17.2 Å². The predicted molar refractivity (Wildman–Crippen MR) is 61.8 cm³/mol. The number of fused-ring (bicyclic) bond motifs is 5. The summed E-state index contributed by atoms with van der Waals surface area (Å²) in [6.07, 6.45) is 4.01. The molecule has 1 aromatic carbocycles. The average molecular weight is 234 g/mol. The van der Waals surface area contributed by atoms with Crippen molar-refractivity contribution in [2.24, 2.45) is 0 Å². The predicted octanol–water partition coefficient (Wildman–Crippen LogP) is 2.39. The Morgan fingerprint density at radius 3 is 2.12 bits per heavy atom. The Labute approximate surface area is 99.7 Å². The van der Waals surface area contributed by atoms with E-state index in [0.717, 1.165) is 22.6 Å². The Bertz CT molecular complexity index is 493. The van der Waals surface area contributed by atoms with Gasteiger partial charge in [-0.15, -0.1) is 0 Å². The molecule has 0 saturated heterocycles. The molecule has 0 unspecified atom stereocenters. The zero-order valence-corrected chi connectivity index (χ0v) is 10.0. The van der Waals surface area contributed by atoms with Crippen molar-refractivity contribution in [1.29, 1.82) is 0 Å². The van der Waals surface area contributed by atoms with Crippen LogP contribution < -0.4 is 14.2 Å². The summed E-state index contributed by atoms with van der Waals surface area (Å²) in [7, 11) is 4.91. The molecule has 4 heteroatoms. The van der Waals surface area contributed by atoms with Crippen LogP contribution in [0, 0.1) is 0 Å². The fourth-order valence-electron chi connectivity index (χ4n) is 2.54. The van der Waals surface area contributed by atoms with Gasteiger partial charge in [0.15, 0.2) is 11.5 Å². The molecule has 0 aliphatic carbocycles. The van der Waals surface area contributed by atoms with Gasteiger partial charge in [0.25, 0.3) is 0 Å². The second-order valence-electron chi connectivity index (χ2n) is 4.00. The first-order valence-electron chi connectivity index (χ1n) is 5.46. The molecule has 3 rings (SSSR count). The smallest absolute Gasteiger partial charge is 0.167 e. The highest BCUT2D eigenvalue weighted by atomic mass is 16.5. The summed E-state index contributed by atoms with van der Waals surface area (Å²) in [6.45, 7) is 0. The van der Waals surface area contributed by atoms with Gasteiger partial charge in [-0.3, -0.25) is 0 Å². The van der Waals surface area contributed by atoms with Crippen LogP contribution in [0.4, 0.5) is 0 Å². The molecule has 0 N–H and O–H groups in total. The van der Waals surface area contributed by atoms with Gasteiger partial charge >= 0.3 is 0 Å². The van der Waals surface area contributed by atoms with Crippen molar-refractivity contribution in [2.75, 3.05) is 21.3 Å². The van der Waals surface area contributed by atoms with Crippen LogP contribution in [0.2, 0.25) is 0 Å². The summed E-state index contributed by atoms with van der Waals surface area (Å²) in [5.41, 5.74) is 2.08. The van der Waals surface area contributed by atoms with Gasteiger partial charge in [-0.25, -0.2) is 0 Å². The van der Waals surface area contributed by atoms with Crippen molar-refractivity contribution >= 4 is 0 Å². The average Bonchev–Trinajstić information content (AvgIpc) is 2.98. The molecule has 0 radical (unpaired) electrons. The maximum absolute atomic E-state index is 5.80. The molecular formula is C13H14O4. The maximum Gasteiger partial charge on any atom is 0.167 e. The second-order valence-corrected chi connectivity index (χ2v) is 4.00. The first kappa shape index (κ1) is 10.5. The fourth-order valence-corrected chi connectivity index (χ4v) is 2.54. The third kappa shape index (κ3) is 1.27. The molecule has 0 fully saturated rings. The molecule has 0 spiro atoms. The normalized spacial score (nSPS) is 23.7. The lowest BCUT2D eigenvalue weighted by Crippen LogP contribution is -2.03. The van der Waals surface area contributed by atoms with E-state index in [0.29, 0.717) is 5.75 Å².